The molecule has 5 heteroatoms. The smallest absolute Gasteiger partial charge is 0.220 e. The minimum absolute atomic E-state index is 0.104. The Morgan fingerprint density at radius 2 is 2.07 bits per heavy atom. The molecule has 4 rings (SSSR count). The van der Waals surface area contributed by atoms with Gasteiger partial charge in [0.2, 0.25) is 5.91 Å². The second kappa shape index (κ2) is 7.14. The predicted octanol–water partition coefficient (Wildman–Crippen LogP) is 3.78. The van der Waals surface area contributed by atoms with Gasteiger partial charge < -0.3 is 5.32 Å². The third-order valence-electron chi connectivity index (χ3n) is 5.59. The van der Waals surface area contributed by atoms with Crippen LogP contribution >= 0.6 is 0 Å². The lowest BCUT2D eigenvalue weighted by molar-refractivity contribution is -0.121. The topological polar surface area (TPSA) is 59.3 Å². The molecule has 1 amide bonds. The molecule has 2 heterocycles. The van der Waals surface area contributed by atoms with Crippen LogP contribution in [0, 0.1) is 20.8 Å². The van der Waals surface area contributed by atoms with Gasteiger partial charge in [-0.2, -0.15) is 5.10 Å². The monoisotopic (exact) mass is 362 g/mol. The standard InChI is InChI=1S/C22H26N4O/c1-14-13-21-23-15(2)18(16(3)26(21)25-14)11-12-22(27)24-20-10-6-8-17-7-4-5-9-19(17)20/h4-5,7,9,13,20H,6,8,10-12H2,1-3H3,(H,24,27)/t20-/m0/s1. The Labute approximate surface area is 159 Å². The van der Waals surface area contributed by atoms with Gasteiger partial charge in [0.25, 0.3) is 0 Å². The molecular formula is C22H26N4O. The molecule has 5 nitrogen and oxygen atoms in total. The molecule has 0 aliphatic heterocycles. The summed E-state index contributed by atoms with van der Waals surface area (Å²) in [5.74, 6) is 0.104. The summed E-state index contributed by atoms with van der Waals surface area (Å²) >= 11 is 0. The maximum atomic E-state index is 12.6. The van der Waals surface area contributed by atoms with E-state index >= 15 is 0 Å². The van der Waals surface area contributed by atoms with Crippen LogP contribution in [0.25, 0.3) is 5.65 Å². The molecule has 2 aromatic heterocycles. The normalized spacial score (nSPS) is 16.3. The highest BCUT2D eigenvalue weighted by atomic mass is 16.1. The van der Waals surface area contributed by atoms with E-state index in [2.05, 4.69) is 46.6 Å². The maximum absolute atomic E-state index is 12.6. The average Bonchev–Trinajstić information content (AvgIpc) is 3.02. The summed E-state index contributed by atoms with van der Waals surface area (Å²) in [5.41, 5.74) is 7.64. The van der Waals surface area contributed by atoms with E-state index in [1.165, 1.54) is 11.1 Å². The summed E-state index contributed by atoms with van der Waals surface area (Å²) in [6.07, 6.45) is 4.39. The third-order valence-corrected chi connectivity index (χ3v) is 5.59. The fraction of sp³-hybridized carbons (Fsp3) is 0.409. The number of fused-ring (bicyclic) bond motifs is 2. The molecule has 1 aliphatic rings. The van der Waals surface area contributed by atoms with Crippen molar-refractivity contribution in [1.82, 2.24) is 19.9 Å². The zero-order valence-electron chi connectivity index (χ0n) is 16.2. The van der Waals surface area contributed by atoms with Gasteiger partial charge in [-0.15, -0.1) is 0 Å². The maximum Gasteiger partial charge on any atom is 0.220 e. The van der Waals surface area contributed by atoms with Crippen molar-refractivity contribution in [2.45, 2.75) is 58.9 Å². The number of hydrogen-bond donors (Lipinski definition) is 1. The van der Waals surface area contributed by atoms with Crippen molar-refractivity contribution in [1.29, 1.82) is 0 Å². The van der Waals surface area contributed by atoms with Crippen LogP contribution in [0.4, 0.5) is 0 Å². The van der Waals surface area contributed by atoms with Gasteiger partial charge in [0, 0.05) is 23.9 Å². The zero-order chi connectivity index (χ0) is 19.0. The molecule has 1 aliphatic carbocycles. The summed E-state index contributed by atoms with van der Waals surface area (Å²) in [4.78, 5) is 17.3. The number of nitrogens with zero attached hydrogens (tertiary/aromatic N) is 3. The van der Waals surface area contributed by atoms with Gasteiger partial charge in [-0.3, -0.25) is 4.79 Å². The minimum atomic E-state index is 0.104. The van der Waals surface area contributed by atoms with Crippen LogP contribution in [0.1, 0.15) is 59.1 Å². The van der Waals surface area contributed by atoms with Gasteiger partial charge in [-0.05, 0) is 63.1 Å². The molecule has 0 unspecified atom stereocenters. The lowest BCUT2D eigenvalue weighted by Gasteiger charge is -2.26. The molecule has 0 fully saturated rings. The summed E-state index contributed by atoms with van der Waals surface area (Å²) in [6, 6.07) is 10.6. The Bertz CT molecular complexity index is 1000. The van der Waals surface area contributed by atoms with Crippen molar-refractivity contribution < 1.29 is 4.79 Å². The lowest BCUT2D eigenvalue weighted by Crippen LogP contribution is -2.31. The minimum Gasteiger partial charge on any atom is -0.349 e. The summed E-state index contributed by atoms with van der Waals surface area (Å²) in [5, 5.41) is 7.76. The number of hydrogen-bond acceptors (Lipinski definition) is 3. The number of aryl methyl sites for hydroxylation is 4. The van der Waals surface area contributed by atoms with Gasteiger partial charge >= 0.3 is 0 Å². The molecule has 0 radical (unpaired) electrons. The van der Waals surface area contributed by atoms with E-state index in [9.17, 15) is 4.79 Å². The van der Waals surface area contributed by atoms with Gasteiger partial charge in [0.05, 0.1) is 11.7 Å². The first-order valence-electron chi connectivity index (χ1n) is 9.72. The van der Waals surface area contributed by atoms with Crippen LogP contribution in [0.15, 0.2) is 30.3 Å². The molecule has 1 aromatic carbocycles. The number of amides is 1. The predicted molar refractivity (Wildman–Crippen MR) is 106 cm³/mol. The lowest BCUT2D eigenvalue weighted by atomic mass is 9.87. The van der Waals surface area contributed by atoms with Gasteiger partial charge in [-0.25, -0.2) is 9.50 Å². The highest BCUT2D eigenvalue weighted by molar-refractivity contribution is 5.77. The molecule has 140 valence electrons. The Morgan fingerprint density at radius 3 is 2.93 bits per heavy atom. The van der Waals surface area contributed by atoms with E-state index in [-0.39, 0.29) is 11.9 Å². The first-order valence-corrected chi connectivity index (χ1v) is 9.72. The Kier molecular flexibility index (Phi) is 4.68. The van der Waals surface area contributed by atoms with Crippen molar-refractivity contribution in [2.75, 3.05) is 0 Å². The average molecular weight is 362 g/mol. The SMILES string of the molecule is Cc1cc2nc(C)c(CCC(=O)N[C@H]3CCCc4ccccc43)c(C)n2n1. The van der Waals surface area contributed by atoms with Crippen LogP contribution in [-0.4, -0.2) is 20.5 Å². The molecule has 3 aromatic rings. The molecule has 0 saturated carbocycles. The molecule has 1 N–H and O–H groups in total. The zero-order valence-corrected chi connectivity index (χ0v) is 16.2. The van der Waals surface area contributed by atoms with Crippen molar-refractivity contribution >= 4 is 11.6 Å². The first kappa shape index (κ1) is 17.7. The van der Waals surface area contributed by atoms with E-state index in [0.717, 1.165) is 47.6 Å². The highest BCUT2D eigenvalue weighted by Gasteiger charge is 2.21. The van der Waals surface area contributed by atoms with Crippen molar-refractivity contribution in [2.24, 2.45) is 0 Å². The van der Waals surface area contributed by atoms with Crippen LogP contribution in [0.5, 0.6) is 0 Å². The van der Waals surface area contributed by atoms with Gasteiger partial charge in [-0.1, -0.05) is 24.3 Å². The number of nitrogens with one attached hydrogen (secondary N) is 1. The van der Waals surface area contributed by atoms with E-state index in [4.69, 9.17) is 0 Å². The molecule has 0 bridgehead atoms. The van der Waals surface area contributed by atoms with Crippen molar-refractivity contribution in [3.8, 4) is 0 Å². The van der Waals surface area contributed by atoms with Crippen LogP contribution in [0.2, 0.25) is 0 Å². The quantitative estimate of drug-likeness (QED) is 0.768. The molecule has 0 saturated heterocycles. The van der Waals surface area contributed by atoms with Gasteiger partial charge in [0.15, 0.2) is 5.65 Å². The highest BCUT2D eigenvalue weighted by Crippen LogP contribution is 2.29. The Hall–Kier alpha value is -2.69. The Balaban J connectivity index is 1.47. The first-order chi connectivity index (χ1) is 13.0. The van der Waals surface area contributed by atoms with E-state index in [1.807, 2.05) is 24.4 Å². The largest absolute Gasteiger partial charge is 0.349 e. The number of rotatable bonds is 4. The number of benzene rings is 1. The fourth-order valence-corrected chi connectivity index (χ4v) is 4.21. The van der Waals surface area contributed by atoms with Crippen LogP contribution < -0.4 is 5.32 Å². The molecular weight excluding hydrogens is 336 g/mol. The van der Waals surface area contributed by atoms with Gasteiger partial charge in [0.1, 0.15) is 0 Å². The van der Waals surface area contributed by atoms with Crippen LogP contribution in [-0.2, 0) is 17.6 Å². The number of carbonyl (C=O) groups excluding carboxylic acids is 1. The number of carbonyl (C=O) groups is 1. The van der Waals surface area contributed by atoms with E-state index in [0.29, 0.717) is 12.8 Å². The molecule has 0 spiro atoms. The van der Waals surface area contributed by atoms with Crippen LogP contribution in [0.3, 0.4) is 0 Å². The molecule has 1 atom stereocenters. The van der Waals surface area contributed by atoms with E-state index < -0.39 is 0 Å². The summed E-state index contributed by atoms with van der Waals surface area (Å²) in [7, 11) is 0. The van der Waals surface area contributed by atoms with E-state index in [1.54, 1.807) is 0 Å². The summed E-state index contributed by atoms with van der Waals surface area (Å²) < 4.78 is 1.88. The van der Waals surface area contributed by atoms with Crippen molar-refractivity contribution in [3.05, 3.63) is 64.1 Å². The second-order valence-corrected chi connectivity index (χ2v) is 7.53. The van der Waals surface area contributed by atoms with Crippen molar-refractivity contribution in [3.63, 3.8) is 0 Å². The number of aromatic nitrogens is 3. The third kappa shape index (κ3) is 3.46. The fourth-order valence-electron chi connectivity index (χ4n) is 4.21. The Morgan fingerprint density at radius 1 is 1.26 bits per heavy atom. The second-order valence-electron chi connectivity index (χ2n) is 7.53. The molecule has 27 heavy (non-hydrogen) atoms. The summed E-state index contributed by atoms with van der Waals surface area (Å²) in [6.45, 7) is 6.04.